The van der Waals surface area contributed by atoms with E-state index in [4.69, 9.17) is 0 Å². The van der Waals surface area contributed by atoms with Gasteiger partial charge in [0.05, 0.1) is 11.8 Å². The summed E-state index contributed by atoms with van der Waals surface area (Å²) in [6, 6.07) is 3.74. The standard InChI is InChI=1S/C15H20BrN3O2/c1-2-17-14-10-6-11(16)13(7-12(10)18-15(14)21)19-5-3-4-9(20)8-19/h6-7,9,14,17,20H,2-5,8H2,1H3,(H,18,21). The molecule has 114 valence electrons. The van der Waals surface area contributed by atoms with E-state index in [1.165, 1.54) is 0 Å². The maximum absolute atomic E-state index is 12.0. The number of carbonyl (C=O) groups excluding carboxylic acids is 1. The van der Waals surface area contributed by atoms with Crippen LogP contribution in [-0.4, -0.2) is 36.8 Å². The summed E-state index contributed by atoms with van der Waals surface area (Å²) >= 11 is 3.61. The van der Waals surface area contributed by atoms with Gasteiger partial charge in [0, 0.05) is 28.8 Å². The number of aliphatic hydroxyl groups is 1. The average Bonchev–Trinajstić information content (AvgIpc) is 2.74. The molecule has 0 spiro atoms. The Morgan fingerprint density at radius 1 is 1.52 bits per heavy atom. The molecule has 0 aromatic heterocycles. The Balaban J connectivity index is 1.92. The van der Waals surface area contributed by atoms with Crippen molar-refractivity contribution >= 4 is 33.2 Å². The molecule has 1 saturated heterocycles. The molecule has 3 N–H and O–H groups in total. The van der Waals surface area contributed by atoms with E-state index in [9.17, 15) is 9.90 Å². The summed E-state index contributed by atoms with van der Waals surface area (Å²) in [4.78, 5) is 14.2. The number of aliphatic hydroxyl groups excluding tert-OH is 1. The van der Waals surface area contributed by atoms with Crippen LogP contribution < -0.4 is 15.5 Å². The summed E-state index contributed by atoms with van der Waals surface area (Å²) in [7, 11) is 0. The van der Waals surface area contributed by atoms with Gasteiger partial charge in [0.15, 0.2) is 0 Å². The topological polar surface area (TPSA) is 64.6 Å². The van der Waals surface area contributed by atoms with Gasteiger partial charge in [0.1, 0.15) is 6.04 Å². The zero-order chi connectivity index (χ0) is 15.0. The summed E-state index contributed by atoms with van der Waals surface area (Å²) in [5.74, 6) is -0.00502. The Morgan fingerprint density at radius 3 is 3.05 bits per heavy atom. The molecule has 2 unspecified atom stereocenters. The van der Waals surface area contributed by atoms with Crippen LogP contribution in [0.5, 0.6) is 0 Å². The lowest BCUT2D eigenvalue weighted by Gasteiger charge is -2.33. The van der Waals surface area contributed by atoms with Gasteiger partial charge in [-0.15, -0.1) is 0 Å². The number of hydrogen-bond acceptors (Lipinski definition) is 4. The van der Waals surface area contributed by atoms with Gasteiger partial charge < -0.3 is 20.6 Å². The molecule has 1 fully saturated rings. The van der Waals surface area contributed by atoms with Crippen molar-refractivity contribution in [3.05, 3.63) is 22.2 Å². The number of nitrogens with one attached hydrogen (secondary N) is 2. The number of anilines is 2. The molecule has 2 heterocycles. The molecule has 0 aliphatic carbocycles. The van der Waals surface area contributed by atoms with Gasteiger partial charge >= 0.3 is 0 Å². The number of likely N-dealkylation sites (N-methyl/N-ethyl adjacent to an activating group) is 1. The van der Waals surface area contributed by atoms with Crippen molar-refractivity contribution in [1.29, 1.82) is 0 Å². The molecule has 0 radical (unpaired) electrons. The first kappa shape index (κ1) is 14.8. The number of halogens is 1. The smallest absolute Gasteiger partial charge is 0.246 e. The third-order valence-corrected chi connectivity index (χ3v) is 4.73. The second kappa shape index (κ2) is 5.94. The van der Waals surface area contributed by atoms with E-state index < -0.39 is 0 Å². The fourth-order valence-corrected chi connectivity index (χ4v) is 3.70. The number of carbonyl (C=O) groups is 1. The summed E-state index contributed by atoms with van der Waals surface area (Å²) in [5, 5.41) is 16.0. The zero-order valence-electron chi connectivity index (χ0n) is 12.0. The SMILES string of the molecule is CCNC1C(=O)Nc2cc(N3CCCC(O)C3)c(Br)cc21. The minimum Gasteiger partial charge on any atom is -0.391 e. The van der Waals surface area contributed by atoms with Gasteiger partial charge in [-0.3, -0.25) is 4.79 Å². The Morgan fingerprint density at radius 2 is 2.33 bits per heavy atom. The highest BCUT2D eigenvalue weighted by atomic mass is 79.9. The molecule has 2 aliphatic heterocycles. The van der Waals surface area contributed by atoms with Crippen molar-refractivity contribution in [3.63, 3.8) is 0 Å². The molecule has 1 aromatic carbocycles. The minimum atomic E-state index is -0.276. The van der Waals surface area contributed by atoms with Gasteiger partial charge in [-0.25, -0.2) is 0 Å². The Bertz CT molecular complexity index is 564. The van der Waals surface area contributed by atoms with E-state index in [0.29, 0.717) is 6.54 Å². The predicted octanol–water partition coefficient (Wildman–Crippen LogP) is 2.01. The number of hydrogen-bond donors (Lipinski definition) is 3. The van der Waals surface area contributed by atoms with Crippen molar-refractivity contribution in [1.82, 2.24) is 5.32 Å². The summed E-state index contributed by atoms with van der Waals surface area (Å²) < 4.78 is 0.967. The minimum absolute atomic E-state index is 0.00502. The third kappa shape index (κ3) is 2.80. The fourth-order valence-electron chi connectivity index (χ4n) is 3.09. The molecule has 2 atom stereocenters. The second-order valence-corrected chi connectivity index (χ2v) is 6.47. The van der Waals surface area contributed by atoms with E-state index in [0.717, 1.165) is 47.3 Å². The number of piperidine rings is 1. The van der Waals surface area contributed by atoms with Crippen molar-refractivity contribution < 1.29 is 9.90 Å². The van der Waals surface area contributed by atoms with Crippen LogP contribution >= 0.6 is 15.9 Å². The van der Waals surface area contributed by atoms with Crippen LogP contribution in [0.15, 0.2) is 16.6 Å². The van der Waals surface area contributed by atoms with Crippen molar-refractivity contribution in [2.75, 3.05) is 29.9 Å². The molecule has 1 amide bonds. The molecular weight excluding hydrogens is 334 g/mol. The largest absolute Gasteiger partial charge is 0.391 e. The second-order valence-electron chi connectivity index (χ2n) is 5.61. The van der Waals surface area contributed by atoms with Gasteiger partial charge in [-0.05, 0) is 47.4 Å². The maximum Gasteiger partial charge on any atom is 0.246 e. The number of benzene rings is 1. The molecule has 1 aromatic rings. The predicted molar refractivity (Wildman–Crippen MR) is 86.6 cm³/mol. The normalized spacial score (nSPS) is 24.9. The highest BCUT2D eigenvalue weighted by Gasteiger charge is 2.31. The highest BCUT2D eigenvalue weighted by molar-refractivity contribution is 9.10. The molecule has 6 heteroatoms. The number of β-amino-alcohol motifs (C(OH)–C–C–N with tert-alkyl or cyclic N) is 1. The molecular formula is C15H20BrN3O2. The van der Waals surface area contributed by atoms with Gasteiger partial charge in [0.25, 0.3) is 0 Å². The van der Waals surface area contributed by atoms with E-state index in [1.807, 2.05) is 19.1 Å². The van der Waals surface area contributed by atoms with E-state index in [2.05, 4.69) is 31.5 Å². The zero-order valence-corrected chi connectivity index (χ0v) is 13.6. The molecule has 21 heavy (non-hydrogen) atoms. The van der Waals surface area contributed by atoms with Crippen LogP contribution in [0, 0.1) is 0 Å². The molecule has 0 saturated carbocycles. The van der Waals surface area contributed by atoms with E-state index in [-0.39, 0.29) is 18.1 Å². The molecule has 5 nitrogen and oxygen atoms in total. The Kier molecular flexibility index (Phi) is 4.19. The maximum atomic E-state index is 12.0. The first-order valence-electron chi connectivity index (χ1n) is 7.41. The van der Waals surface area contributed by atoms with Crippen LogP contribution in [-0.2, 0) is 4.79 Å². The van der Waals surface area contributed by atoms with Crippen molar-refractivity contribution in [2.24, 2.45) is 0 Å². The average molecular weight is 354 g/mol. The van der Waals surface area contributed by atoms with Crippen molar-refractivity contribution in [3.8, 4) is 0 Å². The van der Waals surface area contributed by atoms with Gasteiger partial charge in [-0.1, -0.05) is 6.92 Å². The number of nitrogens with zero attached hydrogens (tertiary/aromatic N) is 1. The van der Waals surface area contributed by atoms with Gasteiger partial charge in [0.2, 0.25) is 5.91 Å². The first-order chi connectivity index (χ1) is 10.1. The summed E-state index contributed by atoms with van der Waals surface area (Å²) in [6.07, 6.45) is 1.57. The van der Waals surface area contributed by atoms with Crippen LogP contribution in [0.3, 0.4) is 0 Å². The lowest BCUT2D eigenvalue weighted by atomic mass is 10.0. The number of rotatable bonds is 3. The quantitative estimate of drug-likeness (QED) is 0.777. The van der Waals surface area contributed by atoms with Gasteiger partial charge in [-0.2, -0.15) is 0 Å². The monoisotopic (exact) mass is 353 g/mol. The van der Waals surface area contributed by atoms with Crippen LogP contribution in [0.4, 0.5) is 11.4 Å². The Labute approximate surface area is 132 Å². The lowest BCUT2D eigenvalue weighted by Crippen LogP contribution is -2.38. The third-order valence-electron chi connectivity index (χ3n) is 4.10. The molecule has 2 aliphatic rings. The van der Waals surface area contributed by atoms with Crippen molar-refractivity contribution in [2.45, 2.75) is 31.9 Å². The van der Waals surface area contributed by atoms with Crippen LogP contribution in [0.1, 0.15) is 31.4 Å². The molecule has 0 bridgehead atoms. The van der Waals surface area contributed by atoms with Crippen LogP contribution in [0.25, 0.3) is 0 Å². The first-order valence-corrected chi connectivity index (χ1v) is 8.20. The Hall–Kier alpha value is -1.11. The van der Waals surface area contributed by atoms with Crippen LogP contribution in [0.2, 0.25) is 0 Å². The lowest BCUT2D eigenvalue weighted by molar-refractivity contribution is -0.117. The van der Waals surface area contributed by atoms with E-state index in [1.54, 1.807) is 0 Å². The summed E-state index contributed by atoms with van der Waals surface area (Å²) in [5.41, 5.74) is 2.88. The number of amides is 1. The number of fused-ring (bicyclic) bond motifs is 1. The molecule has 3 rings (SSSR count). The fraction of sp³-hybridized carbons (Fsp3) is 0.533. The summed E-state index contributed by atoms with van der Waals surface area (Å²) in [6.45, 7) is 4.31. The highest BCUT2D eigenvalue weighted by Crippen LogP contribution is 2.39. The van der Waals surface area contributed by atoms with E-state index >= 15 is 0 Å².